The molecule has 32 valence electrons. The van der Waals surface area contributed by atoms with Gasteiger partial charge in [-0.2, -0.15) is 0 Å². The fourth-order valence-electron chi connectivity index (χ4n) is 0. The van der Waals surface area contributed by atoms with Gasteiger partial charge in [-0.3, -0.25) is 0 Å². The predicted molar refractivity (Wildman–Crippen MR) is 17.6 cm³/mol. The van der Waals surface area contributed by atoms with E-state index in [1.54, 1.807) is 0 Å². The van der Waals surface area contributed by atoms with Crippen LogP contribution in [0, 0.1) is 0 Å². The summed E-state index contributed by atoms with van der Waals surface area (Å²) < 4.78 is 8.28. The van der Waals surface area contributed by atoms with E-state index in [0.29, 0.717) is 21.7 Å². The van der Waals surface area contributed by atoms with Crippen molar-refractivity contribution >= 4 is 50.9 Å². The van der Waals surface area contributed by atoms with E-state index in [4.69, 9.17) is 18.2 Å². The van der Waals surface area contributed by atoms with Gasteiger partial charge in [0.15, 0.2) is 0 Å². The third-order valence-corrected chi connectivity index (χ3v) is 0. The summed E-state index contributed by atoms with van der Waals surface area (Å²) in [5.74, 6) is 0. The number of rotatable bonds is 0. The van der Waals surface area contributed by atoms with E-state index in [1.165, 1.54) is 0 Å². The SMILES string of the molecule is O=C([O-])[O-].[Mg+2].[O]=[Mg]. The molecule has 0 radical (unpaired) electrons. The van der Waals surface area contributed by atoms with Crippen LogP contribution in [0.15, 0.2) is 0 Å². The second kappa shape index (κ2) is 16.0. The Morgan fingerprint density at radius 2 is 1.29 bits per heavy atom. The number of carbonyl (C=O) groups excluding carboxylic acids is 1. The van der Waals surface area contributed by atoms with E-state index in [1.807, 2.05) is 0 Å². The van der Waals surface area contributed by atoms with Gasteiger partial charge in [0.05, 0.1) is 0 Å². The van der Waals surface area contributed by atoms with Crippen molar-refractivity contribution in [3.8, 4) is 0 Å². The molecule has 0 unspecified atom stereocenters. The Bertz CT molecular complexity index is 41.0. The van der Waals surface area contributed by atoms with E-state index in [9.17, 15) is 0 Å². The third kappa shape index (κ3) is 385. The molecule has 4 nitrogen and oxygen atoms in total. The summed E-state index contributed by atoms with van der Waals surface area (Å²) in [6.45, 7) is 0. The van der Waals surface area contributed by atoms with Crippen LogP contribution in [0.3, 0.4) is 0 Å². The van der Waals surface area contributed by atoms with Crippen LogP contribution in [0.25, 0.3) is 0 Å². The van der Waals surface area contributed by atoms with Crippen LogP contribution in [0.5, 0.6) is 0 Å². The molecule has 0 aromatic heterocycles. The molecule has 0 aromatic carbocycles. The molecule has 0 amide bonds. The molecule has 7 heavy (non-hydrogen) atoms. The van der Waals surface area contributed by atoms with Gasteiger partial charge in [-0.15, -0.1) is 0 Å². The van der Waals surface area contributed by atoms with Crippen LogP contribution >= 0.6 is 0 Å². The molecule has 0 fully saturated rings. The summed E-state index contributed by atoms with van der Waals surface area (Å²) in [6.07, 6.45) is -2.33. The first-order valence-corrected chi connectivity index (χ1v) is 1.48. The van der Waals surface area contributed by atoms with Crippen molar-refractivity contribution in [3.63, 3.8) is 0 Å². The van der Waals surface area contributed by atoms with Gasteiger partial charge in [-0.05, 0) is 6.16 Å². The quantitative estimate of drug-likeness (QED) is 0.317. The molecular formula is CMg2O4. The van der Waals surface area contributed by atoms with Crippen molar-refractivity contribution < 1.29 is 18.2 Å². The normalized spacial score (nSPS) is 4.29. The molecule has 0 spiro atoms. The van der Waals surface area contributed by atoms with Crippen molar-refractivity contribution in [2.45, 2.75) is 0 Å². The molecule has 0 saturated heterocycles. The number of carbonyl (C=O) groups is 1. The van der Waals surface area contributed by atoms with Crippen molar-refractivity contribution in [3.05, 3.63) is 0 Å². The van der Waals surface area contributed by atoms with Gasteiger partial charge < -0.3 is 15.0 Å². The van der Waals surface area contributed by atoms with Gasteiger partial charge in [0.25, 0.3) is 0 Å². The minimum atomic E-state index is -2.33. The zero-order valence-corrected chi connectivity index (χ0v) is 6.38. The first kappa shape index (κ1) is 15.6. The zero-order chi connectivity index (χ0) is 5.58. The zero-order valence-electron chi connectivity index (χ0n) is 3.55. The van der Waals surface area contributed by atoms with Crippen molar-refractivity contribution in [2.75, 3.05) is 0 Å². The van der Waals surface area contributed by atoms with Crippen LogP contribution in [-0.2, 0) is 3.17 Å². The van der Waals surface area contributed by atoms with Gasteiger partial charge in [-0.25, -0.2) is 0 Å². The van der Waals surface area contributed by atoms with Crippen molar-refractivity contribution in [1.82, 2.24) is 0 Å². The topological polar surface area (TPSA) is 80.3 Å². The third-order valence-electron chi connectivity index (χ3n) is 0. The molecule has 0 aromatic rings. The van der Waals surface area contributed by atoms with E-state index in [-0.39, 0.29) is 23.1 Å². The van der Waals surface area contributed by atoms with Crippen molar-refractivity contribution in [2.24, 2.45) is 0 Å². The number of hydrogen-bond donors (Lipinski definition) is 0. The van der Waals surface area contributed by atoms with Crippen LogP contribution in [-0.4, -0.2) is 50.9 Å². The van der Waals surface area contributed by atoms with Gasteiger partial charge in [0.1, 0.15) is 0 Å². The average Bonchev–Trinajstić information content (AvgIpc) is 1.41. The van der Waals surface area contributed by atoms with E-state index < -0.39 is 6.16 Å². The molecular weight excluding hydrogens is 125 g/mol. The van der Waals surface area contributed by atoms with Crippen molar-refractivity contribution in [1.29, 1.82) is 0 Å². The Labute approximate surface area is 68.8 Å². The fourth-order valence-corrected chi connectivity index (χ4v) is 0. The first-order valence-electron chi connectivity index (χ1n) is 0.901. The molecule has 0 aliphatic carbocycles. The second-order valence-corrected chi connectivity index (χ2v) is 0.250. The van der Waals surface area contributed by atoms with Crippen LogP contribution in [0.4, 0.5) is 4.79 Å². The van der Waals surface area contributed by atoms with Gasteiger partial charge in [-0.1, -0.05) is 0 Å². The summed E-state index contributed by atoms with van der Waals surface area (Å²) in [4.78, 5) is 8.33. The summed E-state index contributed by atoms with van der Waals surface area (Å²) in [5, 5.41) is 16.7. The monoisotopic (exact) mass is 124 g/mol. The van der Waals surface area contributed by atoms with Crippen LogP contribution in [0.2, 0.25) is 0 Å². The summed E-state index contributed by atoms with van der Waals surface area (Å²) in [7, 11) is 0. The Morgan fingerprint density at radius 1 is 1.29 bits per heavy atom. The summed E-state index contributed by atoms with van der Waals surface area (Å²) in [6, 6.07) is 0. The van der Waals surface area contributed by atoms with Crippen LogP contribution in [0.1, 0.15) is 0 Å². The average molecular weight is 125 g/mol. The van der Waals surface area contributed by atoms with Gasteiger partial charge >= 0.3 is 47.9 Å². The fraction of sp³-hybridized carbons (Fsp3) is 0. The molecule has 0 atom stereocenters. The molecule has 6 heteroatoms. The Hall–Kier alpha value is 0.602. The number of hydrogen-bond acceptors (Lipinski definition) is 4. The summed E-state index contributed by atoms with van der Waals surface area (Å²) in [5.41, 5.74) is 0. The molecule has 0 aliphatic heterocycles. The van der Waals surface area contributed by atoms with Crippen LogP contribution < -0.4 is 10.2 Å². The Kier molecular flexibility index (Phi) is 35.7. The molecule has 0 saturated carbocycles. The molecule has 0 heterocycles. The van der Waals surface area contributed by atoms with E-state index in [2.05, 4.69) is 0 Å². The predicted octanol–water partition coefficient (Wildman–Crippen LogP) is -3.33. The Morgan fingerprint density at radius 3 is 1.29 bits per heavy atom. The molecule has 0 aliphatic rings. The van der Waals surface area contributed by atoms with Gasteiger partial charge in [0.2, 0.25) is 0 Å². The Balaban J connectivity index is -0.0000000480. The number of carboxylic acid groups (broad SMARTS) is 2. The first-order chi connectivity index (χ1) is 2.73. The standard InChI is InChI=1S/CH2O3.2Mg.O/c2-1(3)4;;;/h(H2,2,3,4);;;/q;;+2;/p-2. The molecule has 0 bridgehead atoms. The molecule has 0 N–H and O–H groups in total. The maximum absolute atomic E-state index is 8.33. The second-order valence-electron chi connectivity index (χ2n) is 0.250. The molecule has 0 rings (SSSR count). The maximum atomic E-state index is 8.33. The van der Waals surface area contributed by atoms with Gasteiger partial charge in [0, 0.05) is 0 Å². The summed E-state index contributed by atoms with van der Waals surface area (Å²) >= 11 is 0.611. The van der Waals surface area contributed by atoms with E-state index >= 15 is 0 Å². The van der Waals surface area contributed by atoms with E-state index in [0.717, 1.165) is 0 Å². The minimum absolute atomic E-state index is 0.